The van der Waals surface area contributed by atoms with Gasteiger partial charge < -0.3 is 16.2 Å². The van der Waals surface area contributed by atoms with Gasteiger partial charge in [-0.25, -0.2) is 8.42 Å². The second kappa shape index (κ2) is 7.93. The van der Waals surface area contributed by atoms with Gasteiger partial charge in [0, 0.05) is 11.7 Å². The Balaban J connectivity index is 2.55. The molecule has 2 atom stereocenters. The molecule has 0 radical (unpaired) electrons. The molecule has 128 valence electrons. The lowest BCUT2D eigenvalue weighted by Gasteiger charge is -2.17. The van der Waals surface area contributed by atoms with Crippen LogP contribution in [0.2, 0.25) is 0 Å². The summed E-state index contributed by atoms with van der Waals surface area (Å²) in [6, 6.07) is 5.41. The zero-order valence-corrected chi connectivity index (χ0v) is 13.8. The Morgan fingerprint density at radius 2 is 1.83 bits per heavy atom. The van der Waals surface area contributed by atoms with Gasteiger partial charge in [0.05, 0.1) is 18.7 Å². The number of anilines is 1. The van der Waals surface area contributed by atoms with Gasteiger partial charge in [0.1, 0.15) is 0 Å². The minimum absolute atomic E-state index is 0.240. The van der Waals surface area contributed by atoms with Crippen LogP contribution in [0, 0.1) is 0 Å². The molecule has 0 bridgehead atoms. The van der Waals surface area contributed by atoms with Gasteiger partial charge >= 0.3 is 5.97 Å². The monoisotopic (exact) mass is 343 g/mol. The first-order valence-electron chi connectivity index (χ1n) is 6.91. The maximum atomic E-state index is 11.7. The molecule has 0 unspecified atom stereocenters. The highest BCUT2D eigenvalue weighted by atomic mass is 32.2. The molecule has 5 N–H and O–H groups in total. The van der Waals surface area contributed by atoms with Gasteiger partial charge in [-0.05, 0) is 31.0 Å². The van der Waals surface area contributed by atoms with Gasteiger partial charge in [-0.1, -0.05) is 12.1 Å². The summed E-state index contributed by atoms with van der Waals surface area (Å²) >= 11 is 0. The number of carboxylic acids is 1. The maximum Gasteiger partial charge on any atom is 0.305 e. The van der Waals surface area contributed by atoms with Crippen molar-refractivity contribution in [2.45, 2.75) is 31.8 Å². The Morgan fingerprint density at radius 3 is 2.30 bits per heavy atom. The summed E-state index contributed by atoms with van der Waals surface area (Å²) in [5, 5.41) is 11.2. The van der Waals surface area contributed by atoms with Crippen LogP contribution in [0.15, 0.2) is 24.3 Å². The fourth-order valence-corrected chi connectivity index (χ4v) is 2.52. The Labute approximate surface area is 135 Å². The van der Waals surface area contributed by atoms with Gasteiger partial charge in [0.15, 0.2) is 0 Å². The number of hydrogen-bond donors (Lipinski definition) is 4. The van der Waals surface area contributed by atoms with Crippen LogP contribution in [0.5, 0.6) is 0 Å². The van der Waals surface area contributed by atoms with Crippen LogP contribution >= 0.6 is 0 Å². The van der Waals surface area contributed by atoms with E-state index in [9.17, 15) is 18.0 Å². The molecule has 23 heavy (non-hydrogen) atoms. The number of nitrogens with one attached hydrogen (secondary N) is 2. The molecule has 0 aliphatic heterocycles. The van der Waals surface area contributed by atoms with Crippen LogP contribution in [0.1, 0.15) is 18.9 Å². The topological polar surface area (TPSA) is 139 Å². The number of nitrogens with two attached hydrogens (primary N) is 1. The molecule has 0 aliphatic carbocycles. The molecule has 1 aromatic carbocycles. The Morgan fingerprint density at radius 1 is 1.26 bits per heavy atom. The number of carboxylic acid groups (broad SMARTS) is 1. The van der Waals surface area contributed by atoms with Crippen molar-refractivity contribution in [3.63, 3.8) is 0 Å². The molecule has 0 saturated carbocycles. The molecule has 0 heterocycles. The molecule has 1 aromatic rings. The molecule has 9 heteroatoms. The Bertz CT molecular complexity index is 657. The molecule has 1 amide bonds. The summed E-state index contributed by atoms with van der Waals surface area (Å²) in [6.07, 6.45) is 1.15. The average Bonchev–Trinajstić information content (AvgIpc) is 2.38. The fourth-order valence-electron chi connectivity index (χ4n) is 1.96. The van der Waals surface area contributed by atoms with E-state index >= 15 is 0 Å². The van der Waals surface area contributed by atoms with E-state index in [1.54, 1.807) is 31.2 Å². The van der Waals surface area contributed by atoms with E-state index in [1.165, 1.54) is 0 Å². The van der Waals surface area contributed by atoms with Crippen molar-refractivity contribution in [2.75, 3.05) is 11.0 Å². The number of carbonyl (C=O) groups is 2. The van der Waals surface area contributed by atoms with Crippen molar-refractivity contribution in [1.82, 2.24) is 5.32 Å². The number of rotatable bonds is 8. The van der Waals surface area contributed by atoms with E-state index in [-0.39, 0.29) is 6.04 Å². The van der Waals surface area contributed by atoms with Crippen LogP contribution < -0.4 is 15.8 Å². The lowest BCUT2D eigenvalue weighted by atomic mass is 10.1. The van der Waals surface area contributed by atoms with Crippen LogP contribution in [0.3, 0.4) is 0 Å². The predicted molar refractivity (Wildman–Crippen MR) is 86.4 cm³/mol. The van der Waals surface area contributed by atoms with Crippen molar-refractivity contribution in [1.29, 1.82) is 0 Å². The van der Waals surface area contributed by atoms with Crippen molar-refractivity contribution >= 4 is 27.6 Å². The third-order valence-electron chi connectivity index (χ3n) is 2.92. The minimum atomic E-state index is -3.32. The summed E-state index contributed by atoms with van der Waals surface area (Å²) in [4.78, 5) is 22.2. The van der Waals surface area contributed by atoms with E-state index in [0.29, 0.717) is 12.1 Å². The average molecular weight is 343 g/mol. The first-order valence-corrected chi connectivity index (χ1v) is 8.80. The third kappa shape index (κ3) is 7.61. The molecule has 0 fully saturated rings. The van der Waals surface area contributed by atoms with Gasteiger partial charge in [0.25, 0.3) is 0 Å². The number of amides is 1. The molecular formula is C14H21N3O5S. The summed E-state index contributed by atoms with van der Waals surface area (Å²) in [6.45, 7) is 1.77. The number of aliphatic carboxylic acids is 1. The molecule has 0 saturated heterocycles. The number of sulfonamides is 1. The van der Waals surface area contributed by atoms with Crippen LogP contribution in [0.25, 0.3) is 0 Å². The molecule has 0 spiro atoms. The fraction of sp³-hybridized carbons (Fsp3) is 0.429. The molecule has 8 nitrogen and oxygen atoms in total. The SMILES string of the molecule is C[C@@H](Cc1ccc(NS(C)(=O)=O)cc1)NC(=O)[C@H](N)CC(=O)O. The minimum Gasteiger partial charge on any atom is -0.481 e. The lowest BCUT2D eigenvalue weighted by Crippen LogP contribution is -2.46. The van der Waals surface area contributed by atoms with Crippen LogP contribution in [0.4, 0.5) is 5.69 Å². The second-order valence-electron chi connectivity index (χ2n) is 5.39. The number of benzene rings is 1. The summed E-state index contributed by atoms with van der Waals surface area (Å²) in [5.74, 6) is -1.65. The van der Waals surface area contributed by atoms with E-state index in [4.69, 9.17) is 10.8 Å². The smallest absolute Gasteiger partial charge is 0.305 e. The summed E-state index contributed by atoms with van der Waals surface area (Å²) in [7, 11) is -3.32. The third-order valence-corrected chi connectivity index (χ3v) is 3.53. The Kier molecular flexibility index (Phi) is 6.52. The van der Waals surface area contributed by atoms with Crippen molar-refractivity contribution in [3.8, 4) is 0 Å². The zero-order chi connectivity index (χ0) is 17.6. The van der Waals surface area contributed by atoms with E-state index in [2.05, 4.69) is 10.0 Å². The van der Waals surface area contributed by atoms with Crippen molar-refractivity contribution in [2.24, 2.45) is 5.73 Å². The standard InChI is InChI=1S/C14H21N3O5S/c1-9(16-14(20)12(15)8-13(18)19)7-10-3-5-11(6-4-10)17-23(2,21)22/h3-6,9,12,17H,7-8,15H2,1-2H3,(H,16,20)(H,18,19)/t9-,12+/m0/s1. The molecular weight excluding hydrogens is 322 g/mol. The zero-order valence-electron chi connectivity index (χ0n) is 12.9. The highest BCUT2D eigenvalue weighted by molar-refractivity contribution is 7.92. The largest absolute Gasteiger partial charge is 0.481 e. The van der Waals surface area contributed by atoms with Gasteiger partial charge in [0.2, 0.25) is 15.9 Å². The molecule has 0 aliphatic rings. The number of carbonyl (C=O) groups excluding carboxylic acids is 1. The van der Waals surface area contributed by atoms with E-state index < -0.39 is 34.4 Å². The molecule has 0 aromatic heterocycles. The summed E-state index contributed by atoms with van der Waals surface area (Å²) < 4.78 is 24.6. The normalized spacial score (nSPS) is 13.9. The van der Waals surface area contributed by atoms with Crippen LogP contribution in [-0.2, 0) is 26.0 Å². The predicted octanol–water partition coefficient (Wildman–Crippen LogP) is -0.0927. The van der Waals surface area contributed by atoms with Gasteiger partial charge in [-0.2, -0.15) is 0 Å². The highest BCUT2D eigenvalue weighted by Crippen LogP contribution is 2.12. The summed E-state index contributed by atoms with van der Waals surface area (Å²) in [5.41, 5.74) is 6.83. The number of hydrogen-bond acceptors (Lipinski definition) is 5. The van der Waals surface area contributed by atoms with Gasteiger partial charge in [-0.3, -0.25) is 14.3 Å². The first-order chi connectivity index (χ1) is 10.6. The van der Waals surface area contributed by atoms with E-state index in [1.807, 2.05) is 0 Å². The molecule has 1 rings (SSSR count). The van der Waals surface area contributed by atoms with Crippen LogP contribution in [-0.4, -0.2) is 43.7 Å². The second-order valence-corrected chi connectivity index (χ2v) is 7.14. The maximum absolute atomic E-state index is 11.7. The quantitative estimate of drug-likeness (QED) is 0.520. The lowest BCUT2D eigenvalue weighted by molar-refractivity contribution is -0.139. The first kappa shape index (κ1) is 18.9. The Hall–Kier alpha value is -2.13. The van der Waals surface area contributed by atoms with Crippen molar-refractivity contribution in [3.05, 3.63) is 29.8 Å². The van der Waals surface area contributed by atoms with Crippen molar-refractivity contribution < 1.29 is 23.1 Å². The highest BCUT2D eigenvalue weighted by Gasteiger charge is 2.18. The van der Waals surface area contributed by atoms with Gasteiger partial charge in [-0.15, -0.1) is 0 Å². The van der Waals surface area contributed by atoms with E-state index in [0.717, 1.165) is 11.8 Å².